The van der Waals surface area contributed by atoms with Crippen LogP contribution in [0.5, 0.6) is 5.75 Å². The number of fused-ring (bicyclic) bond motifs is 4. The second-order valence-electron chi connectivity index (χ2n) is 14.8. The molecule has 2 aromatic heterocycles. The first-order chi connectivity index (χ1) is 23.7. The van der Waals surface area contributed by atoms with Gasteiger partial charge in [-0.15, -0.1) is 0 Å². The van der Waals surface area contributed by atoms with E-state index >= 15 is 0 Å². The van der Waals surface area contributed by atoms with E-state index in [-0.39, 0.29) is 41.4 Å². The lowest BCUT2D eigenvalue weighted by Gasteiger charge is -2.29. The largest absolute Gasteiger partial charge is 0.469 e. The van der Waals surface area contributed by atoms with E-state index in [1.165, 1.54) is 6.26 Å². The number of anilines is 1. The van der Waals surface area contributed by atoms with Crippen LogP contribution in [-0.2, 0) is 26.2 Å². The molecule has 1 spiro atoms. The SMILES string of the molecule is CC(C)[C@H](O)C(=O)NC1Cc2ccc3c(c2)C2(c4ccccc4NC2O3)c2oc(nc2-c2nc(C(=O)OC(C)(C)C)co2)[C@H](C(C)C)NC1=O. The molecule has 5 heterocycles. The zero-order valence-corrected chi connectivity index (χ0v) is 29.0. The Labute approximate surface area is 289 Å². The molecule has 262 valence electrons. The molecule has 4 aromatic rings. The highest BCUT2D eigenvalue weighted by atomic mass is 16.6. The number of benzene rings is 2. The van der Waals surface area contributed by atoms with Gasteiger partial charge in [0.2, 0.25) is 23.6 Å². The van der Waals surface area contributed by atoms with Gasteiger partial charge in [0.15, 0.2) is 23.4 Å². The van der Waals surface area contributed by atoms with Gasteiger partial charge in [-0.25, -0.2) is 14.8 Å². The second-order valence-corrected chi connectivity index (χ2v) is 14.8. The molecular formula is C37H41N5O8. The summed E-state index contributed by atoms with van der Waals surface area (Å²) in [5, 5.41) is 19.9. The Morgan fingerprint density at radius 3 is 2.54 bits per heavy atom. The van der Waals surface area contributed by atoms with E-state index < -0.39 is 53.2 Å². The fourth-order valence-electron chi connectivity index (χ4n) is 6.81. The molecule has 0 fully saturated rings. The minimum absolute atomic E-state index is 0.0227. The van der Waals surface area contributed by atoms with Gasteiger partial charge in [-0.05, 0) is 55.9 Å². The highest BCUT2D eigenvalue weighted by Gasteiger charge is 2.61. The fourth-order valence-corrected chi connectivity index (χ4v) is 6.81. The summed E-state index contributed by atoms with van der Waals surface area (Å²) >= 11 is 0. The number of aromatic nitrogens is 2. The number of nitrogens with one attached hydrogen (secondary N) is 3. The van der Waals surface area contributed by atoms with Crippen molar-refractivity contribution in [2.45, 2.75) is 90.3 Å². The molecule has 13 heteroatoms. The van der Waals surface area contributed by atoms with Crippen molar-refractivity contribution in [3.63, 3.8) is 0 Å². The zero-order valence-electron chi connectivity index (χ0n) is 29.0. The van der Waals surface area contributed by atoms with Crippen molar-refractivity contribution in [1.82, 2.24) is 20.6 Å². The van der Waals surface area contributed by atoms with Crippen LogP contribution in [0.1, 0.15) is 93.3 Å². The number of rotatable bonds is 6. The third-order valence-corrected chi connectivity index (χ3v) is 9.27. The fraction of sp³-hybridized carbons (Fsp3) is 0.432. The average molecular weight is 684 g/mol. The second kappa shape index (κ2) is 12.0. The van der Waals surface area contributed by atoms with E-state index in [0.29, 0.717) is 11.5 Å². The number of para-hydroxylation sites is 1. The third-order valence-electron chi connectivity index (χ3n) is 9.27. The molecule has 4 bridgehead atoms. The maximum Gasteiger partial charge on any atom is 0.360 e. The molecule has 2 amide bonds. The zero-order chi connectivity index (χ0) is 35.7. The van der Waals surface area contributed by atoms with Crippen molar-refractivity contribution >= 4 is 23.5 Å². The van der Waals surface area contributed by atoms with Crippen LogP contribution in [0.15, 0.2) is 57.6 Å². The normalized spacial score (nSPS) is 22.8. The number of nitrogens with zero attached hydrogens (tertiary/aromatic N) is 2. The van der Waals surface area contributed by atoms with Crippen LogP contribution >= 0.6 is 0 Å². The first-order valence-corrected chi connectivity index (χ1v) is 16.8. The van der Waals surface area contributed by atoms with E-state index in [2.05, 4.69) is 20.9 Å². The summed E-state index contributed by atoms with van der Waals surface area (Å²) in [4.78, 5) is 49.6. The molecule has 4 N–H and O–H groups in total. The number of esters is 1. The Kier molecular flexibility index (Phi) is 8.00. The number of oxazole rings is 2. The standard InChI is InChI=1S/C37H41N5O8/c1-17(2)26-33-42-27(32-39-24(16-47-32)34(46)50-36(5,6)7)29(49-33)37-20-10-8-9-11-22(20)40-35(37)48-25-13-12-19(14-21(25)37)15-23(30(44)41-26)38-31(45)28(43)18(3)4/h8-14,16-18,23,26,28,35,40,43H,15H2,1-7H3,(H,38,45)(H,41,44)/t23?,26-,28-,35?,37?/m0/s1. The summed E-state index contributed by atoms with van der Waals surface area (Å²) in [7, 11) is 0. The number of carbonyl (C=O) groups is 3. The van der Waals surface area contributed by atoms with Gasteiger partial charge in [-0.1, -0.05) is 58.0 Å². The average Bonchev–Trinajstić information content (AvgIpc) is 3.82. The Balaban J connectivity index is 1.45. The van der Waals surface area contributed by atoms with Crippen molar-refractivity contribution in [3.8, 4) is 17.3 Å². The number of hydrogen-bond acceptors (Lipinski definition) is 11. The van der Waals surface area contributed by atoms with Gasteiger partial charge in [0.25, 0.3) is 0 Å². The van der Waals surface area contributed by atoms with Crippen LogP contribution in [-0.4, -0.2) is 56.8 Å². The van der Waals surface area contributed by atoms with Crippen LogP contribution < -0.4 is 20.7 Å². The van der Waals surface area contributed by atoms with Crippen molar-refractivity contribution in [2.75, 3.05) is 5.32 Å². The third kappa shape index (κ3) is 5.49. The van der Waals surface area contributed by atoms with Gasteiger partial charge in [0.1, 0.15) is 41.2 Å². The molecule has 3 unspecified atom stereocenters. The Bertz CT molecular complexity index is 1990. The predicted molar refractivity (Wildman–Crippen MR) is 180 cm³/mol. The van der Waals surface area contributed by atoms with E-state index in [0.717, 1.165) is 22.4 Å². The predicted octanol–water partition coefficient (Wildman–Crippen LogP) is 4.63. The molecule has 0 aliphatic carbocycles. The number of amides is 2. The molecule has 50 heavy (non-hydrogen) atoms. The van der Waals surface area contributed by atoms with E-state index in [1.54, 1.807) is 34.6 Å². The summed E-state index contributed by atoms with van der Waals surface area (Å²) in [6.45, 7) is 12.6. The number of hydrogen-bond donors (Lipinski definition) is 4. The molecule has 0 saturated carbocycles. The molecule has 0 radical (unpaired) electrons. The van der Waals surface area contributed by atoms with E-state index in [9.17, 15) is 19.5 Å². The number of aliphatic hydroxyl groups excluding tert-OH is 1. The lowest BCUT2D eigenvalue weighted by Crippen LogP contribution is -2.52. The van der Waals surface area contributed by atoms with Crippen LogP contribution in [0.25, 0.3) is 11.6 Å². The summed E-state index contributed by atoms with van der Waals surface area (Å²) in [5.74, 6) is -1.22. The first kappa shape index (κ1) is 33.3. The van der Waals surface area contributed by atoms with Crippen LogP contribution in [0, 0.1) is 11.8 Å². The molecule has 3 aliphatic rings. The van der Waals surface area contributed by atoms with E-state index in [4.69, 9.17) is 23.3 Å². The van der Waals surface area contributed by atoms with Gasteiger partial charge in [-0.2, -0.15) is 0 Å². The lowest BCUT2D eigenvalue weighted by molar-refractivity contribution is -0.135. The van der Waals surface area contributed by atoms with Gasteiger partial charge in [0.05, 0.1) is 0 Å². The molecular weight excluding hydrogens is 642 g/mol. The highest BCUT2D eigenvalue weighted by Crippen LogP contribution is 2.59. The first-order valence-electron chi connectivity index (χ1n) is 16.8. The lowest BCUT2D eigenvalue weighted by atomic mass is 9.72. The maximum absolute atomic E-state index is 14.0. The Morgan fingerprint density at radius 1 is 1.06 bits per heavy atom. The van der Waals surface area contributed by atoms with Crippen molar-refractivity contribution in [3.05, 3.63) is 82.8 Å². The summed E-state index contributed by atoms with van der Waals surface area (Å²) in [6, 6.07) is 11.6. The summed E-state index contributed by atoms with van der Waals surface area (Å²) in [6.07, 6.45) is -0.610. The monoisotopic (exact) mass is 683 g/mol. The quantitative estimate of drug-likeness (QED) is 0.208. The van der Waals surface area contributed by atoms with Gasteiger partial charge in [0, 0.05) is 17.7 Å². The minimum Gasteiger partial charge on any atom is -0.469 e. The molecule has 3 aliphatic heterocycles. The van der Waals surface area contributed by atoms with E-state index in [1.807, 2.05) is 56.3 Å². The molecule has 0 saturated heterocycles. The van der Waals surface area contributed by atoms with Crippen LogP contribution in [0.4, 0.5) is 5.69 Å². The molecule has 5 atom stereocenters. The highest BCUT2D eigenvalue weighted by molar-refractivity contribution is 5.90. The maximum atomic E-state index is 14.0. The summed E-state index contributed by atoms with van der Waals surface area (Å²) in [5.41, 5.74) is 1.49. The van der Waals surface area contributed by atoms with Crippen molar-refractivity contribution in [1.29, 1.82) is 0 Å². The number of aliphatic hydroxyl groups is 1. The van der Waals surface area contributed by atoms with Gasteiger partial charge >= 0.3 is 5.97 Å². The minimum atomic E-state index is -1.30. The van der Waals surface area contributed by atoms with Crippen LogP contribution in [0.2, 0.25) is 0 Å². The van der Waals surface area contributed by atoms with Crippen molar-refractivity contribution in [2.24, 2.45) is 11.8 Å². The molecule has 2 aromatic carbocycles. The Hall–Kier alpha value is -5.17. The number of ether oxygens (including phenoxy) is 2. The Morgan fingerprint density at radius 2 is 1.82 bits per heavy atom. The van der Waals surface area contributed by atoms with Gasteiger partial charge in [-0.3, -0.25) is 9.59 Å². The topological polar surface area (TPSA) is 178 Å². The summed E-state index contributed by atoms with van der Waals surface area (Å²) < 4.78 is 24.9. The van der Waals surface area contributed by atoms with Crippen LogP contribution in [0.3, 0.4) is 0 Å². The van der Waals surface area contributed by atoms with Gasteiger partial charge < -0.3 is 39.4 Å². The van der Waals surface area contributed by atoms with Crippen molar-refractivity contribution < 1.29 is 37.8 Å². The molecule has 13 nitrogen and oxygen atoms in total. The smallest absolute Gasteiger partial charge is 0.360 e. The molecule has 7 rings (SSSR count). The number of carbonyl (C=O) groups excluding carboxylic acids is 3.